The summed E-state index contributed by atoms with van der Waals surface area (Å²) in [5.41, 5.74) is 4.52. The molecule has 1 fully saturated rings. The molecule has 174 valence electrons. The second-order valence-corrected chi connectivity index (χ2v) is 8.76. The summed E-state index contributed by atoms with van der Waals surface area (Å²) < 4.78 is 0. The number of aromatic hydroxyl groups is 1. The largest absolute Gasteiger partial charge is 0.508 e. The van der Waals surface area contributed by atoms with E-state index in [1.807, 2.05) is 24.4 Å². The highest BCUT2D eigenvalue weighted by Gasteiger charge is 2.15. The molecule has 6 nitrogen and oxygen atoms in total. The molecule has 1 aliphatic rings. The number of benzene rings is 2. The lowest BCUT2D eigenvalue weighted by molar-refractivity contribution is 0.264. The van der Waals surface area contributed by atoms with Crippen molar-refractivity contribution in [2.75, 3.05) is 31.5 Å². The first-order valence-corrected chi connectivity index (χ1v) is 12.1. The molecular formula is C27H35N5O. The van der Waals surface area contributed by atoms with Crippen LogP contribution in [-0.4, -0.2) is 52.2 Å². The zero-order valence-corrected chi connectivity index (χ0v) is 19.5. The van der Waals surface area contributed by atoms with Gasteiger partial charge in [0, 0.05) is 30.9 Å². The predicted molar refractivity (Wildman–Crippen MR) is 134 cm³/mol. The molecule has 3 aromatic rings. The fraction of sp³-hybridized carbons (Fsp3) is 0.407. The molecule has 0 bridgehead atoms. The Kier molecular flexibility index (Phi) is 8.28. The lowest BCUT2D eigenvalue weighted by Crippen LogP contribution is -2.30. The molecule has 0 radical (unpaired) electrons. The van der Waals surface area contributed by atoms with E-state index in [9.17, 15) is 5.11 Å². The number of rotatable bonds is 11. The summed E-state index contributed by atoms with van der Waals surface area (Å²) in [5.74, 6) is 0.925. The van der Waals surface area contributed by atoms with Gasteiger partial charge in [0.05, 0.1) is 5.69 Å². The van der Waals surface area contributed by atoms with Gasteiger partial charge in [-0.1, -0.05) is 37.3 Å². The van der Waals surface area contributed by atoms with Crippen molar-refractivity contribution in [1.29, 1.82) is 0 Å². The molecule has 1 atom stereocenters. The van der Waals surface area contributed by atoms with Crippen LogP contribution < -0.4 is 10.6 Å². The Morgan fingerprint density at radius 1 is 1.12 bits per heavy atom. The van der Waals surface area contributed by atoms with E-state index in [0.29, 0.717) is 12.0 Å². The highest BCUT2D eigenvalue weighted by molar-refractivity contribution is 5.60. The normalized spacial score (nSPS) is 15.8. The van der Waals surface area contributed by atoms with E-state index >= 15 is 0 Å². The second-order valence-electron chi connectivity index (χ2n) is 8.76. The first-order valence-electron chi connectivity index (χ1n) is 12.1. The first kappa shape index (κ1) is 23.2. The van der Waals surface area contributed by atoms with Crippen molar-refractivity contribution in [2.24, 2.45) is 0 Å². The third-order valence-electron chi connectivity index (χ3n) is 6.32. The van der Waals surface area contributed by atoms with E-state index in [0.717, 1.165) is 49.4 Å². The van der Waals surface area contributed by atoms with Gasteiger partial charge in [0.2, 0.25) is 5.95 Å². The Labute approximate surface area is 197 Å². The van der Waals surface area contributed by atoms with Crippen molar-refractivity contribution >= 4 is 5.95 Å². The third-order valence-corrected chi connectivity index (χ3v) is 6.32. The van der Waals surface area contributed by atoms with E-state index in [2.05, 4.69) is 51.7 Å². The third kappa shape index (κ3) is 7.01. The summed E-state index contributed by atoms with van der Waals surface area (Å²) in [7, 11) is 0. The minimum absolute atomic E-state index is 0.290. The fourth-order valence-electron chi connectivity index (χ4n) is 4.36. The summed E-state index contributed by atoms with van der Waals surface area (Å²) >= 11 is 0. The van der Waals surface area contributed by atoms with Crippen LogP contribution in [0, 0.1) is 0 Å². The number of aromatic nitrogens is 2. The number of anilines is 1. The van der Waals surface area contributed by atoms with Crippen LogP contribution in [-0.2, 0) is 13.0 Å². The van der Waals surface area contributed by atoms with Crippen molar-refractivity contribution in [2.45, 2.75) is 45.2 Å². The molecule has 0 aliphatic carbocycles. The van der Waals surface area contributed by atoms with Crippen molar-refractivity contribution in [1.82, 2.24) is 20.2 Å². The van der Waals surface area contributed by atoms with Gasteiger partial charge in [0.15, 0.2) is 0 Å². The molecule has 1 aromatic heterocycles. The van der Waals surface area contributed by atoms with Gasteiger partial charge in [-0.3, -0.25) is 4.90 Å². The molecule has 0 amide bonds. The molecule has 6 heteroatoms. The van der Waals surface area contributed by atoms with Gasteiger partial charge in [-0.05, 0) is 80.7 Å². The van der Waals surface area contributed by atoms with Crippen LogP contribution in [0.3, 0.4) is 0 Å². The molecule has 3 N–H and O–H groups in total. The van der Waals surface area contributed by atoms with Gasteiger partial charge in [-0.15, -0.1) is 0 Å². The van der Waals surface area contributed by atoms with Gasteiger partial charge in [0.25, 0.3) is 0 Å². The number of nitrogens with zero attached hydrogens (tertiary/aromatic N) is 3. The van der Waals surface area contributed by atoms with Crippen molar-refractivity contribution in [3.05, 3.63) is 71.9 Å². The van der Waals surface area contributed by atoms with E-state index in [4.69, 9.17) is 4.98 Å². The quantitative estimate of drug-likeness (QED) is 0.404. The Balaban J connectivity index is 1.34. The van der Waals surface area contributed by atoms with Crippen LogP contribution in [0.5, 0.6) is 5.75 Å². The molecule has 4 rings (SSSR count). The van der Waals surface area contributed by atoms with Crippen LogP contribution in [0.1, 0.15) is 37.3 Å². The van der Waals surface area contributed by atoms with E-state index in [1.165, 1.54) is 31.4 Å². The fourth-order valence-corrected chi connectivity index (χ4v) is 4.36. The van der Waals surface area contributed by atoms with Crippen molar-refractivity contribution < 1.29 is 5.11 Å². The van der Waals surface area contributed by atoms with Gasteiger partial charge in [0.1, 0.15) is 5.75 Å². The van der Waals surface area contributed by atoms with Gasteiger partial charge in [-0.2, -0.15) is 0 Å². The molecule has 0 spiro atoms. The molecular weight excluding hydrogens is 410 g/mol. The molecule has 1 unspecified atom stereocenters. The zero-order valence-electron chi connectivity index (χ0n) is 19.5. The van der Waals surface area contributed by atoms with Crippen molar-refractivity contribution in [3.63, 3.8) is 0 Å². The number of phenolic OH excluding ortho intramolecular Hbond substituents is 1. The number of nitrogens with one attached hydrogen (secondary N) is 2. The SMILES string of the molecule is CCN(CCC1CCCN1)Cc1cccc(-c2ccnc(NCCc3ccc(O)cc3)n2)c1. The highest BCUT2D eigenvalue weighted by atomic mass is 16.3. The Hall–Kier alpha value is -2.96. The summed E-state index contributed by atoms with van der Waals surface area (Å²) in [6.45, 7) is 7.29. The van der Waals surface area contributed by atoms with E-state index < -0.39 is 0 Å². The topological polar surface area (TPSA) is 73.3 Å². The Morgan fingerprint density at radius 2 is 2.00 bits per heavy atom. The highest BCUT2D eigenvalue weighted by Crippen LogP contribution is 2.20. The summed E-state index contributed by atoms with van der Waals surface area (Å²) in [4.78, 5) is 11.6. The molecule has 0 saturated carbocycles. The van der Waals surface area contributed by atoms with Gasteiger partial charge >= 0.3 is 0 Å². The summed E-state index contributed by atoms with van der Waals surface area (Å²) in [6, 6.07) is 18.6. The minimum Gasteiger partial charge on any atom is -0.508 e. The maximum Gasteiger partial charge on any atom is 0.223 e. The predicted octanol–water partition coefficient (Wildman–Crippen LogP) is 4.47. The molecule has 2 aromatic carbocycles. The molecule has 1 saturated heterocycles. The second kappa shape index (κ2) is 11.8. The lowest BCUT2D eigenvalue weighted by atomic mass is 10.1. The van der Waals surface area contributed by atoms with Gasteiger partial charge < -0.3 is 15.7 Å². The average molecular weight is 446 g/mol. The van der Waals surface area contributed by atoms with E-state index in [1.54, 1.807) is 12.1 Å². The average Bonchev–Trinajstić information content (AvgIpc) is 3.37. The maximum atomic E-state index is 9.41. The minimum atomic E-state index is 0.290. The van der Waals surface area contributed by atoms with Gasteiger partial charge in [-0.25, -0.2) is 9.97 Å². The smallest absolute Gasteiger partial charge is 0.223 e. The van der Waals surface area contributed by atoms with Crippen LogP contribution in [0.4, 0.5) is 5.95 Å². The Bertz CT molecular complexity index is 1000. The molecule has 2 heterocycles. The number of phenols is 1. The van der Waals surface area contributed by atoms with Crippen LogP contribution >= 0.6 is 0 Å². The standard InChI is InChI=1S/C27H35N5O/c1-2-32(18-14-24-7-4-15-28-24)20-22-5-3-6-23(19-22)26-13-17-30-27(31-26)29-16-12-21-8-10-25(33)11-9-21/h3,5-6,8-11,13,17,19,24,28,33H,2,4,7,12,14-16,18,20H2,1H3,(H,29,30,31). The summed E-state index contributed by atoms with van der Waals surface area (Å²) in [5, 5.41) is 16.3. The maximum absolute atomic E-state index is 9.41. The Morgan fingerprint density at radius 3 is 2.79 bits per heavy atom. The molecule has 33 heavy (non-hydrogen) atoms. The van der Waals surface area contributed by atoms with Crippen LogP contribution in [0.25, 0.3) is 11.3 Å². The number of hydrogen-bond donors (Lipinski definition) is 3. The van der Waals surface area contributed by atoms with Crippen molar-refractivity contribution in [3.8, 4) is 17.0 Å². The van der Waals surface area contributed by atoms with E-state index in [-0.39, 0.29) is 5.75 Å². The zero-order chi connectivity index (χ0) is 22.9. The first-order chi connectivity index (χ1) is 16.2. The van der Waals surface area contributed by atoms with Crippen LogP contribution in [0.2, 0.25) is 0 Å². The van der Waals surface area contributed by atoms with Crippen LogP contribution in [0.15, 0.2) is 60.8 Å². The monoisotopic (exact) mass is 445 g/mol. The molecule has 1 aliphatic heterocycles. The summed E-state index contributed by atoms with van der Waals surface area (Å²) in [6.07, 6.45) is 6.49. The lowest BCUT2D eigenvalue weighted by Gasteiger charge is -2.22. The number of hydrogen-bond acceptors (Lipinski definition) is 6.